The lowest BCUT2D eigenvalue weighted by atomic mass is 9.96. The SMILES string of the molecule is CC(C)(N)C(=O)N1CCCCC1CCO. The highest BCUT2D eigenvalue weighted by Crippen LogP contribution is 2.21. The Kier molecular flexibility index (Phi) is 4.11. The van der Waals surface area contributed by atoms with Gasteiger partial charge in [-0.2, -0.15) is 0 Å². The third-order valence-electron chi connectivity index (χ3n) is 2.90. The Labute approximate surface area is 91.4 Å². The summed E-state index contributed by atoms with van der Waals surface area (Å²) in [6, 6.07) is 0.180. The molecular formula is C11H22N2O2. The van der Waals surface area contributed by atoms with Crippen molar-refractivity contribution >= 4 is 5.91 Å². The van der Waals surface area contributed by atoms with E-state index in [1.807, 2.05) is 4.90 Å². The summed E-state index contributed by atoms with van der Waals surface area (Å²) in [5.41, 5.74) is 5.01. The van der Waals surface area contributed by atoms with Crippen LogP contribution >= 0.6 is 0 Å². The van der Waals surface area contributed by atoms with Gasteiger partial charge in [0, 0.05) is 19.2 Å². The molecule has 1 atom stereocenters. The molecule has 1 amide bonds. The van der Waals surface area contributed by atoms with Crippen molar-refractivity contribution < 1.29 is 9.90 Å². The maximum absolute atomic E-state index is 12.0. The average Bonchev–Trinajstić information content (AvgIpc) is 2.17. The number of piperidine rings is 1. The molecule has 0 radical (unpaired) electrons. The molecule has 88 valence electrons. The van der Waals surface area contributed by atoms with E-state index in [1.165, 1.54) is 0 Å². The number of carbonyl (C=O) groups excluding carboxylic acids is 1. The zero-order valence-electron chi connectivity index (χ0n) is 9.70. The lowest BCUT2D eigenvalue weighted by Crippen LogP contribution is -2.55. The van der Waals surface area contributed by atoms with Crippen molar-refractivity contribution in [2.45, 2.75) is 51.1 Å². The van der Waals surface area contributed by atoms with Gasteiger partial charge in [-0.1, -0.05) is 0 Å². The molecule has 0 bridgehead atoms. The largest absolute Gasteiger partial charge is 0.396 e. The molecule has 15 heavy (non-hydrogen) atoms. The minimum atomic E-state index is -0.801. The van der Waals surface area contributed by atoms with Crippen LogP contribution in [0.5, 0.6) is 0 Å². The van der Waals surface area contributed by atoms with Gasteiger partial charge in [-0.25, -0.2) is 0 Å². The van der Waals surface area contributed by atoms with Crippen molar-refractivity contribution in [1.29, 1.82) is 0 Å². The first-order valence-electron chi connectivity index (χ1n) is 5.67. The predicted molar refractivity (Wildman–Crippen MR) is 59.3 cm³/mol. The summed E-state index contributed by atoms with van der Waals surface area (Å²) in [6.45, 7) is 4.39. The molecule has 0 aliphatic carbocycles. The maximum atomic E-state index is 12.0. The fourth-order valence-corrected chi connectivity index (χ4v) is 2.09. The van der Waals surface area contributed by atoms with E-state index in [0.29, 0.717) is 6.42 Å². The number of carbonyl (C=O) groups is 1. The van der Waals surface area contributed by atoms with Gasteiger partial charge in [0.05, 0.1) is 5.54 Å². The molecule has 1 saturated heterocycles. The van der Waals surface area contributed by atoms with E-state index in [9.17, 15) is 4.79 Å². The van der Waals surface area contributed by atoms with Gasteiger partial charge in [0.2, 0.25) is 5.91 Å². The lowest BCUT2D eigenvalue weighted by Gasteiger charge is -2.39. The maximum Gasteiger partial charge on any atom is 0.242 e. The number of nitrogens with zero attached hydrogens (tertiary/aromatic N) is 1. The zero-order chi connectivity index (χ0) is 11.5. The van der Waals surface area contributed by atoms with E-state index in [2.05, 4.69) is 0 Å². The lowest BCUT2D eigenvalue weighted by molar-refractivity contribution is -0.139. The van der Waals surface area contributed by atoms with Crippen LogP contribution in [0.1, 0.15) is 39.5 Å². The summed E-state index contributed by atoms with van der Waals surface area (Å²) in [4.78, 5) is 13.9. The minimum absolute atomic E-state index is 0.000602. The van der Waals surface area contributed by atoms with E-state index >= 15 is 0 Å². The van der Waals surface area contributed by atoms with Crippen LogP contribution < -0.4 is 5.73 Å². The zero-order valence-corrected chi connectivity index (χ0v) is 9.70. The highest BCUT2D eigenvalue weighted by Gasteiger charge is 2.33. The molecule has 1 aliphatic rings. The quantitative estimate of drug-likeness (QED) is 0.718. The number of aliphatic hydroxyl groups excluding tert-OH is 1. The Morgan fingerprint density at radius 2 is 2.20 bits per heavy atom. The fourth-order valence-electron chi connectivity index (χ4n) is 2.09. The molecule has 1 aliphatic heterocycles. The molecule has 0 aromatic heterocycles. The molecule has 0 aromatic rings. The van der Waals surface area contributed by atoms with Crippen LogP contribution in [0.4, 0.5) is 0 Å². The van der Waals surface area contributed by atoms with Crippen LogP contribution in [0.25, 0.3) is 0 Å². The van der Waals surface area contributed by atoms with Crippen LogP contribution in [0.15, 0.2) is 0 Å². The fraction of sp³-hybridized carbons (Fsp3) is 0.909. The highest BCUT2D eigenvalue weighted by atomic mass is 16.3. The van der Waals surface area contributed by atoms with Crippen molar-refractivity contribution in [2.24, 2.45) is 5.73 Å². The summed E-state index contributed by atoms with van der Waals surface area (Å²) >= 11 is 0. The molecule has 1 rings (SSSR count). The Hall–Kier alpha value is -0.610. The summed E-state index contributed by atoms with van der Waals surface area (Å²) in [5.74, 6) is 0.000602. The molecule has 0 saturated carbocycles. The Balaban J connectivity index is 2.67. The number of rotatable bonds is 3. The second-order valence-electron chi connectivity index (χ2n) is 4.88. The molecule has 4 nitrogen and oxygen atoms in total. The topological polar surface area (TPSA) is 66.6 Å². The molecular weight excluding hydrogens is 192 g/mol. The van der Waals surface area contributed by atoms with E-state index < -0.39 is 5.54 Å². The first-order chi connectivity index (χ1) is 6.96. The third-order valence-corrected chi connectivity index (χ3v) is 2.90. The van der Waals surface area contributed by atoms with Crippen LogP contribution in [0.3, 0.4) is 0 Å². The summed E-state index contributed by atoms with van der Waals surface area (Å²) in [5, 5.41) is 8.95. The molecule has 1 unspecified atom stereocenters. The molecule has 3 N–H and O–H groups in total. The summed E-state index contributed by atoms with van der Waals surface area (Å²) in [6.07, 6.45) is 3.84. The van der Waals surface area contributed by atoms with Crippen molar-refractivity contribution in [3.8, 4) is 0 Å². The molecule has 1 fully saturated rings. The second kappa shape index (κ2) is 4.94. The van der Waals surface area contributed by atoms with Crippen LogP contribution in [-0.2, 0) is 4.79 Å². The minimum Gasteiger partial charge on any atom is -0.396 e. The smallest absolute Gasteiger partial charge is 0.242 e. The van der Waals surface area contributed by atoms with Crippen LogP contribution in [0.2, 0.25) is 0 Å². The summed E-state index contributed by atoms with van der Waals surface area (Å²) < 4.78 is 0. The normalized spacial score (nSPS) is 22.9. The van der Waals surface area contributed by atoms with Gasteiger partial charge in [-0.3, -0.25) is 4.79 Å². The van der Waals surface area contributed by atoms with Gasteiger partial charge in [-0.15, -0.1) is 0 Å². The van der Waals surface area contributed by atoms with E-state index in [1.54, 1.807) is 13.8 Å². The number of nitrogens with two attached hydrogens (primary N) is 1. The predicted octanol–water partition coefficient (Wildman–Crippen LogP) is 0.487. The first-order valence-corrected chi connectivity index (χ1v) is 5.67. The van der Waals surface area contributed by atoms with Gasteiger partial charge < -0.3 is 15.7 Å². The van der Waals surface area contributed by atoms with E-state index in [0.717, 1.165) is 25.8 Å². The number of hydrogen-bond donors (Lipinski definition) is 2. The van der Waals surface area contributed by atoms with Crippen LogP contribution in [-0.4, -0.2) is 40.6 Å². The summed E-state index contributed by atoms with van der Waals surface area (Å²) in [7, 11) is 0. The highest BCUT2D eigenvalue weighted by molar-refractivity contribution is 5.85. The van der Waals surface area contributed by atoms with Gasteiger partial charge >= 0.3 is 0 Å². The molecule has 1 heterocycles. The van der Waals surface area contributed by atoms with E-state index in [-0.39, 0.29) is 18.6 Å². The molecule has 0 aromatic carbocycles. The Morgan fingerprint density at radius 1 is 1.53 bits per heavy atom. The number of amides is 1. The van der Waals surface area contributed by atoms with Gasteiger partial charge in [0.25, 0.3) is 0 Å². The van der Waals surface area contributed by atoms with Gasteiger partial charge in [0.1, 0.15) is 0 Å². The number of hydrogen-bond acceptors (Lipinski definition) is 3. The van der Waals surface area contributed by atoms with Crippen molar-refractivity contribution in [3.05, 3.63) is 0 Å². The van der Waals surface area contributed by atoms with Crippen molar-refractivity contribution in [1.82, 2.24) is 4.90 Å². The monoisotopic (exact) mass is 214 g/mol. The van der Waals surface area contributed by atoms with E-state index in [4.69, 9.17) is 10.8 Å². The van der Waals surface area contributed by atoms with Crippen molar-refractivity contribution in [3.63, 3.8) is 0 Å². The van der Waals surface area contributed by atoms with Crippen molar-refractivity contribution in [2.75, 3.05) is 13.2 Å². The average molecular weight is 214 g/mol. The third kappa shape index (κ3) is 3.18. The van der Waals surface area contributed by atoms with Gasteiger partial charge in [-0.05, 0) is 39.5 Å². The number of likely N-dealkylation sites (tertiary alicyclic amines) is 1. The standard InChI is InChI=1S/C11H22N2O2/c1-11(2,12)10(15)13-7-4-3-5-9(13)6-8-14/h9,14H,3-8,12H2,1-2H3. The Bertz CT molecular complexity index is 221. The first kappa shape index (κ1) is 12.5. The van der Waals surface area contributed by atoms with Gasteiger partial charge in [0.15, 0.2) is 0 Å². The molecule has 0 spiro atoms. The molecule has 4 heteroatoms. The van der Waals surface area contributed by atoms with Crippen LogP contribution in [0, 0.1) is 0 Å². The second-order valence-corrected chi connectivity index (χ2v) is 4.88. The Morgan fingerprint density at radius 3 is 2.73 bits per heavy atom. The number of aliphatic hydroxyl groups is 1.